The highest BCUT2D eigenvalue weighted by Crippen LogP contribution is 2.14. The van der Waals surface area contributed by atoms with Crippen molar-refractivity contribution >= 4 is 11.6 Å². The van der Waals surface area contributed by atoms with Gasteiger partial charge in [0, 0.05) is 5.56 Å². The fraction of sp³-hybridized carbons (Fsp3) is 0.333. The highest BCUT2D eigenvalue weighted by atomic mass is 16.5. The predicted molar refractivity (Wildman–Crippen MR) is 57.2 cm³/mol. The Morgan fingerprint density at radius 1 is 1.13 bits per heavy atom. The molecule has 0 aliphatic carbocycles. The Kier molecular flexibility index (Phi) is 3.61. The third-order valence-electron chi connectivity index (χ3n) is 2.15. The van der Waals surface area contributed by atoms with Crippen LogP contribution in [0.2, 0.25) is 0 Å². The minimum atomic E-state index is -0.451. The molecule has 3 nitrogen and oxygen atoms in total. The first kappa shape index (κ1) is 11.4. The van der Waals surface area contributed by atoms with Crippen LogP contribution in [-0.2, 0) is 4.79 Å². The topological polar surface area (TPSA) is 43.4 Å². The zero-order valence-electron chi connectivity index (χ0n) is 9.11. The van der Waals surface area contributed by atoms with Crippen molar-refractivity contribution in [3.8, 4) is 5.75 Å². The minimum Gasteiger partial charge on any atom is -0.483 e. The molecule has 0 saturated carbocycles. The van der Waals surface area contributed by atoms with Crippen molar-refractivity contribution in [2.24, 2.45) is 0 Å². The number of hydrogen-bond donors (Lipinski definition) is 0. The van der Waals surface area contributed by atoms with E-state index in [1.165, 1.54) is 13.8 Å². The van der Waals surface area contributed by atoms with Crippen molar-refractivity contribution in [2.45, 2.75) is 26.9 Å². The second-order valence-electron chi connectivity index (χ2n) is 3.45. The van der Waals surface area contributed by atoms with Gasteiger partial charge in [0.2, 0.25) is 0 Å². The summed E-state index contributed by atoms with van der Waals surface area (Å²) in [5.74, 6) is 0.592. The van der Waals surface area contributed by atoms with Gasteiger partial charge in [-0.15, -0.1) is 0 Å². The van der Waals surface area contributed by atoms with Crippen LogP contribution in [0.5, 0.6) is 5.75 Å². The number of benzene rings is 1. The molecule has 15 heavy (non-hydrogen) atoms. The van der Waals surface area contributed by atoms with Crippen molar-refractivity contribution in [1.82, 2.24) is 0 Å². The molecule has 1 rings (SSSR count). The molecule has 0 aliphatic heterocycles. The van der Waals surface area contributed by atoms with Crippen molar-refractivity contribution in [3.05, 3.63) is 29.8 Å². The highest BCUT2D eigenvalue weighted by molar-refractivity contribution is 5.94. The third kappa shape index (κ3) is 3.20. The third-order valence-corrected chi connectivity index (χ3v) is 2.15. The second kappa shape index (κ2) is 4.73. The molecule has 1 aromatic rings. The standard InChI is InChI=1S/C12H14O3/c1-8(13)10(3)15-12-6-4-11(5-7-12)9(2)14/h4-7,10H,1-3H3. The first-order valence-electron chi connectivity index (χ1n) is 4.79. The summed E-state index contributed by atoms with van der Waals surface area (Å²) in [6.45, 7) is 4.68. The summed E-state index contributed by atoms with van der Waals surface area (Å²) in [7, 11) is 0. The molecular formula is C12H14O3. The maximum atomic E-state index is 11.0. The average molecular weight is 206 g/mol. The van der Waals surface area contributed by atoms with Gasteiger partial charge in [0.25, 0.3) is 0 Å². The molecule has 0 saturated heterocycles. The van der Waals surface area contributed by atoms with Crippen LogP contribution in [-0.4, -0.2) is 17.7 Å². The van der Waals surface area contributed by atoms with E-state index in [1.54, 1.807) is 31.2 Å². The van der Waals surface area contributed by atoms with Crippen LogP contribution in [0.25, 0.3) is 0 Å². The molecule has 0 fully saturated rings. The lowest BCUT2D eigenvalue weighted by molar-refractivity contribution is -0.122. The van der Waals surface area contributed by atoms with E-state index in [4.69, 9.17) is 4.74 Å². The van der Waals surface area contributed by atoms with Gasteiger partial charge in [-0.3, -0.25) is 9.59 Å². The van der Waals surface area contributed by atoms with Gasteiger partial charge in [-0.25, -0.2) is 0 Å². The zero-order chi connectivity index (χ0) is 11.4. The molecule has 0 radical (unpaired) electrons. The molecule has 0 spiro atoms. The molecule has 0 amide bonds. The highest BCUT2D eigenvalue weighted by Gasteiger charge is 2.08. The van der Waals surface area contributed by atoms with Crippen molar-refractivity contribution in [2.75, 3.05) is 0 Å². The van der Waals surface area contributed by atoms with E-state index >= 15 is 0 Å². The van der Waals surface area contributed by atoms with Gasteiger partial charge < -0.3 is 4.74 Å². The molecule has 3 heteroatoms. The van der Waals surface area contributed by atoms with Crippen LogP contribution < -0.4 is 4.74 Å². The van der Waals surface area contributed by atoms with E-state index in [0.29, 0.717) is 11.3 Å². The second-order valence-corrected chi connectivity index (χ2v) is 3.45. The lowest BCUT2D eigenvalue weighted by Crippen LogP contribution is -2.20. The normalized spacial score (nSPS) is 11.9. The molecule has 80 valence electrons. The van der Waals surface area contributed by atoms with Crippen molar-refractivity contribution < 1.29 is 14.3 Å². The molecule has 1 atom stereocenters. The summed E-state index contributed by atoms with van der Waals surface area (Å²) in [6.07, 6.45) is -0.451. The lowest BCUT2D eigenvalue weighted by atomic mass is 10.1. The van der Waals surface area contributed by atoms with Gasteiger partial charge in [-0.2, -0.15) is 0 Å². The van der Waals surface area contributed by atoms with Crippen LogP contribution in [0.1, 0.15) is 31.1 Å². The summed E-state index contributed by atoms with van der Waals surface area (Å²) < 4.78 is 5.35. The van der Waals surface area contributed by atoms with Gasteiger partial charge in [0.15, 0.2) is 17.7 Å². The first-order valence-corrected chi connectivity index (χ1v) is 4.79. The fourth-order valence-corrected chi connectivity index (χ4v) is 1.06. The Morgan fingerprint density at radius 2 is 1.67 bits per heavy atom. The zero-order valence-corrected chi connectivity index (χ0v) is 9.11. The van der Waals surface area contributed by atoms with Crippen LogP contribution in [0.15, 0.2) is 24.3 Å². The molecule has 0 N–H and O–H groups in total. The molecular weight excluding hydrogens is 192 g/mol. The van der Waals surface area contributed by atoms with Crippen LogP contribution in [0.3, 0.4) is 0 Å². The van der Waals surface area contributed by atoms with Gasteiger partial charge in [-0.1, -0.05) is 0 Å². The summed E-state index contributed by atoms with van der Waals surface area (Å²) in [5.41, 5.74) is 0.637. The largest absolute Gasteiger partial charge is 0.483 e. The van der Waals surface area contributed by atoms with Crippen LogP contribution >= 0.6 is 0 Å². The quantitative estimate of drug-likeness (QED) is 0.709. The number of hydrogen-bond acceptors (Lipinski definition) is 3. The van der Waals surface area contributed by atoms with E-state index < -0.39 is 6.10 Å². The fourth-order valence-electron chi connectivity index (χ4n) is 1.06. The summed E-state index contributed by atoms with van der Waals surface area (Å²) >= 11 is 0. The number of Topliss-reactive ketones (excluding diaryl/α,β-unsaturated/α-hetero) is 2. The lowest BCUT2D eigenvalue weighted by Gasteiger charge is -2.11. The molecule has 0 aromatic heterocycles. The smallest absolute Gasteiger partial charge is 0.169 e. The number of ketones is 2. The molecule has 0 aliphatic rings. The van der Waals surface area contributed by atoms with E-state index in [-0.39, 0.29) is 11.6 Å². The van der Waals surface area contributed by atoms with Crippen LogP contribution in [0, 0.1) is 0 Å². The van der Waals surface area contributed by atoms with E-state index in [9.17, 15) is 9.59 Å². The molecule has 1 aromatic carbocycles. The van der Waals surface area contributed by atoms with Gasteiger partial charge in [0.05, 0.1) is 0 Å². The summed E-state index contributed by atoms with van der Waals surface area (Å²) in [6, 6.07) is 6.75. The van der Waals surface area contributed by atoms with Gasteiger partial charge >= 0.3 is 0 Å². The minimum absolute atomic E-state index is 0.0150. The van der Waals surface area contributed by atoms with Crippen LogP contribution in [0.4, 0.5) is 0 Å². The molecule has 1 unspecified atom stereocenters. The maximum absolute atomic E-state index is 11.0. The Bertz CT molecular complexity index is 365. The summed E-state index contributed by atoms with van der Waals surface area (Å²) in [4.78, 5) is 21.9. The van der Waals surface area contributed by atoms with E-state index in [0.717, 1.165) is 0 Å². The summed E-state index contributed by atoms with van der Waals surface area (Å²) in [5, 5.41) is 0. The SMILES string of the molecule is CC(=O)c1ccc(OC(C)C(C)=O)cc1. The number of carbonyl (C=O) groups excluding carboxylic acids is 2. The number of carbonyl (C=O) groups is 2. The monoisotopic (exact) mass is 206 g/mol. The number of ether oxygens (including phenoxy) is 1. The molecule has 0 heterocycles. The Labute approximate surface area is 89.1 Å². The Balaban J connectivity index is 2.72. The molecule has 0 bridgehead atoms. The predicted octanol–water partition coefficient (Wildman–Crippen LogP) is 2.25. The van der Waals surface area contributed by atoms with E-state index in [2.05, 4.69) is 0 Å². The Morgan fingerprint density at radius 3 is 2.07 bits per heavy atom. The Hall–Kier alpha value is -1.64. The van der Waals surface area contributed by atoms with Crippen molar-refractivity contribution in [1.29, 1.82) is 0 Å². The van der Waals surface area contributed by atoms with E-state index in [1.807, 2.05) is 0 Å². The first-order chi connectivity index (χ1) is 7.00. The maximum Gasteiger partial charge on any atom is 0.169 e. The van der Waals surface area contributed by atoms with Gasteiger partial charge in [-0.05, 0) is 45.0 Å². The van der Waals surface area contributed by atoms with Gasteiger partial charge in [0.1, 0.15) is 5.75 Å². The average Bonchev–Trinajstić information content (AvgIpc) is 2.18. The van der Waals surface area contributed by atoms with Crippen molar-refractivity contribution in [3.63, 3.8) is 0 Å². The number of rotatable bonds is 4.